The topological polar surface area (TPSA) is 96.9 Å². The Hall–Kier alpha value is -4.65. The molecule has 1 saturated carbocycles. The lowest BCUT2D eigenvalue weighted by Crippen LogP contribution is -2.47. The average Bonchev–Trinajstić information content (AvgIpc) is 3.13. The van der Waals surface area contributed by atoms with Crippen molar-refractivity contribution in [2.45, 2.75) is 74.5 Å². The van der Waals surface area contributed by atoms with Gasteiger partial charge in [-0.3, -0.25) is 0 Å². The van der Waals surface area contributed by atoms with E-state index < -0.39 is 40.5 Å². The zero-order valence-electron chi connectivity index (χ0n) is 31.3. The van der Waals surface area contributed by atoms with Crippen molar-refractivity contribution in [3.63, 3.8) is 0 Å². The van der Waals surface area contributed by atoms with Crippen molar-refractivity contribution in [1.82, 2.24) is 14.9 Å². The summed E-state index contributed by atoms with van der Waals surface area (Å²) in [4.78, 5) is 9.54. The Kier molecular flexibility index (Phi) is 12.3. The van der Waals surface area contributed by atoms with Gasteiger partial charge in [0.2, 0.25) is 0 Å². The van der Waals surface area contributed by atoms with E-state index in [0.717, 1.165) is 10.4 Å². The number of halogens is 4. The molecule has 9 nitrogen and oxygen atoms in total. The number of benzene rings is 3. The zero-order valence-corrected chi connectivity index (χ0v) is 33.1. The van der Waals surface area contributed by atoms with E-state index in [1.54, 1.807) is 24.3 Å². The molecule has 0 unspecified atom stereocenters. The first kappa shape index (κ1) is 40.5. The molecule has 0 saturated heterocycles. The monoisotopic (exact) mass is 783 g/mol. The maximum atomic E-state index is 16.4. The number of sulfonamides is 1. The molecule has 15 heteroatoms. The fourth-order valence-electron chi connectivity index (χ4n) is 6.56. The number of hydrogen-bond acceptors (Lipinski definition) is 8. The van der Waals surface area contributed by atoms with Crippen LogP contribution in [0.25, 0.3) is 0 Å². The summed E-state index contributed by atoms with van der Waals surface area (Å²) in [6.45, 7) is 5.89. The Morgan fingerprint density at radius 3 is 2.39 bits per heavy atom. The number of aromatic nitrogens is 2. The van der Waals surface area contributed by atoms with E-state index in [-0.39, 0.29) is 30.4 Å². The molecule has 0 radical (unpaired) electrons. The standard InChI is InChI=1S/C39H45F4N5O4SSi/c1-47(2)35-20-27(26-9-8-10-30(19-26)39(41,42)43)12-14-33(35)46-34-23-32(40)37(21-28(34)16-18-54(5,6)7)53(49,50)48(38-15-17-44-25-45-38)24-29-11-13-31(51-3)22-36(29)52-4/h8-11,13,15,17,19,21-23,25,27,33,35,46H,12,14,20,24H2,1-7H3/t27-,33-,35-/m0/s1. The second kappa shape index (κ2) is 16.4. The Labute approximate surface area is 315 Å². The van der Waals surface area contributed by atoms with Crippen LogP contribution in [0, 0.1) is 17.3 Å². The highest BCUT2D eigenvalue weighted by molar-refractivity contribution is 7.92. The van der Waals surface area contributed by atoms with Gasteiger partial charge >= 0.3 is 6.18 Å². The van der Waals surface area contributed by atoms with E-state index in [2.05, 4.69) is 26.7 Å². The Balaban J connectivity index is 1.53. The third-order valence-electron chi connectivity index (χ3n) is 9.35. The van der Waals surface area contributed by atoms with Crippen LogP contribution in [0.5, 0.6) is 11.5 Å². The van der Waals surface area contributed by atoms with Crippen LogP contribution >= 0.6 is 0 Å². The first-order valence-electron chi connectivity index (χ1n) is 17.4. The number of rotatable bonds is 11. The lowest BCUT2D eigenvalue weighted by atomic mass is 9.78. The zero-order chi connectivity index (χ0) is 39.4. The van der Waals surface area contributed by atoms with Gasteiger partial charge in [-0.15, -0.1) is 5.54 Å². The normalized spacial score (nSPS) is 17.7. The number of alkyl halides is 3. The Bertz CT molecular complexity index is 2120. The summed E-state index contributed by atoms with van der Waals surface area (Å²) < 4.78 is 97.9. The van der Waals surface area contributed by atoms with Gasteiger partial charge in [0.05, 0.1) is 32.0 Å². The van der Waals surface area contributed by atoms with E-state index in [0.29, 0.717) is 53.1 Å². The Morgan fingerprint density at radius 1 is 1.00 bits per heavy atom. The molecule has 1 fully saturated rings. The molecule has 1 heterocycles. The molecule has 0 spiro atoms. The van der Waals surface area contributed by atoms with E-state index in [1.165, 1.54) is 57.1 Å². The highest BCUT2D eigenvalue weighted by Gasteiger charge is 2.36. The maximum Gasteiger partial charge on any atom is 0.416 e. The van der Waals surface area contributed by atoms with Crippen molar-refractivity contribution in [1.29, 1.82) is 0 Å². The minimum Gasteiger partial charge on any atom is -0.497 e. The number of anilines is 2. The minimum atomic E-state index is -4.62. The van der Waals surface area contributed by atoms with Gasteiger partial charge in [-0.2, -0.15) is 13.2 Å². The third-order valence-corrected chi connectivity index (χ3v) is 12.0. The molecule has 3 atom stereocenters. The summed E-state index contributed by atoms with van der Waals surface area (Å²) >= 11 is 0. The molecular formula is C39H45F4N5O4SSi. The predicted octanol–water partition coefficient (Wildman–Crippen LogP) is 7.95. The first-order chi connectivity index (χ1) is 25.4. The summed E-state index contributed by atoms with van der Waals surface area (Å²) in [6, 6.07) is 13.9. The van der Waals surface area contributed by atoms with Gasteiger partial charge < -0.3 is 19.7 Å². The minimum absolute atomic E-state index is 0.0190. The molecule has 0 amide bonds. The fraction of sp³-hybridized carbons (Fsp3) is 0.385. The van der Waals surface area contributed by atoms with Gasteiger partial charge in [-0.05, 0) is 75.2 Å². The van der Waals surface area contributed by atoms with Gasteiger partial charge in [0.15, 0.2) is 0 Å². The molecule has 288 valence electrons. The van der Waals surface area contributed by atoms with Gasteiger partial charge in [-0.1, -0.05) is 43.8 Å². The molecule has 4 aromatic rings. The van der Waals surface area contributed by atoms with Crippen LogP contribution in [0.4, 0.5) is 29.1 Å². The highest BCUT2D eigenvalue weighted by atomic mass is 32.2. The van der Waals surface area contributed by atoms with Crippen LogP contribution in [-0.4, -0.2) is 71.8 Å². The van der Waals surface area contributed by atoms with Crippen LogP contribution in [0.15, 0.2) is 78.1 Å². The second-order valence-electron chi connectivity index (χ2n) is 14.5. The quantitative estimate of drug-likeness (QED) is 0.0931. The number of hydrogen-bond donors (Lipinski definition) is 1. The predicted molar refractivity (Wildman–Crippen MR) is 204 cm³/mol. The smallest absolute Gasteiger partial charge is 0.416 e. The molecular weight excluding hydrogens is 739 g/mol. The molecule has 1 aromatic heterocycles. The fourth-order valence-corrected chi connectivity index (χ4v) is 8.54. The summed E-state index contributed by atoms with van der Waals surface area (Å²) in [7, 11) is 0.132. The summed E-state index contributed by atoms with van der Waals surface area (Å²) in [5, 5.41) is 3.46. The van der Waals surface area contributed by atoms with Crippen LogP contribution in [0.2, 0.25) is 19.6 Å². The second-order valence-corrected chi connectivity index (χ2v) is 21.1. The van der Waals surface area contributed by atoms with Crippen molar-refractivity contribution in [3.05, 3.63) is 101 Å². The SMILES string of the molecule is COc1ccc(CN(c2ccncn2)S(=O)(=O)c2cc(C#C[Si](C)(C)C)c(N[C@H]3CC[C@H](c4cccc(C(F)(F)F)c4)C[C@@H]3N(C)C)cc2F)c(OC)c1. The molecule has 0 aliphatic heterocycles. The number of methoxy groups -OCH3 is 2. The molecule has 54 heavy (non-hydrogen) atoms. The number of ether oxygens (including phenoxy) is 2. The number of nitrogens with zero attached hydrogens (tertiary/aromatic N) is 4. The van der Waals surface area contributed by atoms with Gasteiger partial charge in [0, 0.05) is 41.5 Å². The van der Waals surface area contributed by atoms with Crippen molar-refractivity contribution in [3.8, 4) is 23.0 Å². The molecule has 1 aliphatic carbocycles. The van der Waals surface area contributed by atoms with Crippen LogP contribution in [0.1, 0.15) is 47.4 Å². The maximum absolute atomic E-state index is 16.4. The molecule has 0 bridgehead atoms. The van der Waals surface area contributed by atoms with Gasteiger partial charge in [0.1, 0.15) is 42.4 Å². The summed E-state index contributed by atoms with van der Waals surface area (Å²) in [5.74, 6) is 2.94. The van der Waals surface area contributed by atoms with Crippen LogP contribution in [-0.2, 0) is 22.7 Å². The average molecular weight is 784 g/mol. The number of nitrogens with one attached hydrogen (secondary N) is 1. The molecule has 1 N–H and O–H groups in total. The van der Waals surface area contributed by atoms with Gasteiger partial charge in [-0.25, -0.2) is 27.1 Å². The van der Waals surface area contributed by atoms with Gasteiger partial charge in [0.25, 0.3) is 10.0 Å². The van der Waals surface area contributed by atoms with Crippen molar-refractivity contribution < 1.29 is 35.5 Å². The number of likely N-dealkylation sites (N-methyl/N-ethyl adjacent to an activating group) is 1. The highest BCUT2D eigenvalue weighted by Crippen LogP contribution is 2.39. The lowest BCUT2D eigenvalue weighted by molar-refractivity contribution is -0.137. The molecule has 3 aromatic carbocycles. The molecule has 1 aliphatic rings. The van der Waals surface area contributed by atoms with E-state index in [1.807, 2.05) is 38.6 Å². The first-order valence-corrected chi connectivity index (χ1v) is 22.3. The van der Waals surface area contributed by atoms with E-state index in [4.69, 9.17) is 9.47 Å². The van der Waals surface area contributed by atoms with Crippen molar-refractivity contribution in [2.24, 2.45) is 0 Å². The van der Waals surface area contributed by atoms with Crippen LogP contribution in [0.3, 0.4) is 0 Å². The summed E-state index contributed by atoms with van der Waals surface area (Å²) in [5.41, 5.74) is 4.34. The van der Waals surface area contributed by atoms with E-state index >= 15 is 4.39 Å². The van der Waals surface area contributed by atoms with Crippen LogP contribution < -0.4 is 19.1 Å². The lowest BCUT2D eigenvalue weighted by Gasteiger charge is -2.41. The summed E-state index contributed by atoms with van der Waals surface area (Å²) in [6.07, 6.45) is -0.122. The largest absolute Gasteiger partial charge is 0.497 e. The van der Waals surface area contributed by atoms with Crippen molar-refractivity contribution >= 4 is 29.6 Å². The Morgan fingerprint density at radius 2 is 1.76 bits per heavy atom. The van der Waals surface area contributed by atoms with Crippen molar-refractivity contribution in [2.75, 3.05) is 37.9 Å². The third kappa shape index (κ3) is 9.52. The molecule has 5 rings (SSSR count). The van der Waals surface area contributed by atoms with E-state index in [9.17, 15) is 21.6 Å².